The number of sulfonamides is 1. The van der Waals surface area contributed by atoms with Crippen molar-refractivity contribution in [2.75, 3.05) is 5.75 Å². The molecule has 0 aliphatic heterocycles. The number of rotatable bonds is 9. The molecular weight excluding hydrogens is 413 g/mol. The normalized spacial score (nSPS) is 19.1. The summed E-state index contributed by atoms with van der Waals surface area (Å²) in [7, 11) is -4.09. The molecule has 0 heterocycles. The summed E-state index contributed by atoms with van der Waals surface area (Å²) in [4.78, 5) is 0. The van der Waals surface area contributed by atoms with Crippen molar-refractivity contribution < 1.29 is 17.4 Å². The molecular formula is C20H30FN3O3S2. The highest BCUT2D eigenvalue weighted by molar-refractivity contribution is 7.91. The Morgan fingerprint density at radius 2 is 1.93 bits per heavy atom. The second kappa shape index (κ2) is 8.80. The number of hydrogen-bond acceptors (Lipinski definition) is 5. The number of nitrogens with one attached hydrogen (secondary N) is 1. The van der Waals surface area contributed by atoms with Crippen molar-refractivity contribution in [3.05, 3.63) is 35.6 Å². The lowest BCUT2D eigenvalue weighted by molar-refractivity contribution is 0.380. The third kappa shape index (κ3) is 6.07. The van der Waals surface area contributed by atoms with Crippen molar-refractivity contribution in [1.29, 1.82) is 5.26 Å². The zero-order valence-electron chi connectivity index (χ0n) is 17.6. The fourth-order valence-corrected chi connectivity index (χ4v) is 6.07. The molecule has 1 saturated carbocycles. The van der Waals surface area contributed by atoms with Crippen LogP contribution in [-0.4, -0.2) is 33.8 Å². The van der Waals surface area contributed by atoms with Gasteiger partial charge in [0.25, 0.3) is 0 Å². The molecule has 6 nitrogen and oxygen atoms in total. The average Bonchev–Trinajstić information content (AvgIpc) is 3.37. The molecule has 0 aromatic heterocycles. The van der Waals surface area contributed by atoms with Crippen LogP contribution in [0.15, 0.2) is 24.3 Å². The minimum Gasteiger partial charge on any atom is -0.598 e. The van der Waals surface area contributed by atoms with Crippen molar-refractivity contribution in [2.45, 2.75) is 70.2 Å². The number of benzene rings is 1. The van der Waals surface area contributed by atoms with E-state index in [1.165, 1.54) is 25.1 Å². The summed E-state index contributed by atoms with van der Waals surface area (Å²) in [5.41, 5.74) is -1.40. The Kier molecular flexibility index (Phi) is 7.26. The zero-order chi connectivity index (χ0) is 22.0. The maximum atomic E-state index is 14.6. The average molecular weight is 444 g/mol. The van der Waals surface area contributed by atoms with Gasteiger partial charge in [-0.3, -0.25) is 0 Å². The Morgan fingerprint density at radius 1 is 1.34 bits per heavy atom. The molecule has 162 valence electrons. The lowest BCUT2D eigenvalue weighted by atomic mass is 9.95. The molecule has 1 aromatic rings. The van der Waals surface area contributed by atoms with Crippen LogP contribution in [0.2, 0.25) is 0 Å². The lowest BCUT2D eigenvalue weighted by Crippen LogP contribution is -2.55. The van der Waals surface area contributed by atoms with Gasteiger partial charge in [-0.15, -0.1) is 4.72 Å². The zero-order valence-corrected chi connectivity index (χ0v) is 19.2. The SMILES string of the molecule is C[C@H](CC1CC1)N(C#N)S(=O)(=O)C[C@](C)(N[S+]([O-])C(C)(C)C)c1ccccc1F. The summed E-state index contributed by atoms with van der Waals surface area (Å²) < 4.78 is 56.7. The maximum absolute atomic E-state index is 14.6. The summed E-state index contributed by atoms with van der Waals surface area (Å²) in [6.45, 7) is 8.44. The number of nitriles is 1. The van der Waals surface area contributed by atoms with Gasteiger partial charge in [0.2, 0.25) is 10.0 Å². The highest BCUT2D eigenvalue weighted by Crippen LogP contribution is 2.36. The van der Waals surface area contributed by atoms with Crippen LogP contribution in [0.5, 0.6) is 0 Å². The molecule has 9 heteroatoms. The summed E-state index contributed by atoms with van der Waals surface area (Å²) in [6.07, 6.45) is 4.50. The minimum absolute atomic E-state index is 0.0916. The molecule has 1 fully saturated rings. The molecule has 0 bridgehead atoms. The predicted octanol–water partition coefficient (Wildman–Crippen LogP) is 3.39. The first-order valence-electron chi connectivity index (χ1n) is 9.67. The monoisotopic (exact) mass is 443 g/mol. The number of nitrogens with zero attached hydrogens (tertiary/aromatic N) is 2. The molecule has 1 aliphatic rings. The van der Waals surface area contributed by atoms with E-state index in [0.717, 1.165) is 17.1 Å². The maximum Gasteiger partial charge on any atom is 0.245 e. The van der Waals surface area contributed by atoms with Crippen LogP contribution >= 0.6 is 0 Å². The van der Waals surface area contributed by atoms with Crippen molar-refractivity contribution in [3.8, 4) is 6.19 Å². The molecule has 0 radical (unpaired) electrons. The highest BCUT2D eigenvalue weighted by atomic mass is 32.2. The smallest absolute Gasteiger partial charge is 0.245 e. The quantitative estimate of drug-likeness (QED) is 0.358. The Morgan fingerprint density at radius 3 is 2.41 bits per heavy atom. The Balaban J connectivity index is 2.40. The van der Waals surface area contributed by atoms with Gasteiger partial charge in [0.1, 0.15) is 16.1 Å². The largest absolute Gasteiger partial charge is 0.598 e. The van der Waals surface area contributed by atoms with Gasteiger partial charge in [-0.25, -0.2) is 17.1 Å². The van der Waals surface area contributed by atoms with E-state index in [1.54, 1.807) is 40.0 Å². The van der Waals surface area contributed by atoms with E-state index < -0.39 is 49.3 Å². The third-order valence-corrected chi connectivity index (χ3v) is 8.71. The Bertz CT molecular complexity index is 862. The van der Waals surface area contributed by atoms with E-state index in [9.17, 15) is 22.6 Å². The van der Waals surface area contributed by atoms with Crippen molar-refractivity contribution in [3.63, 3.8) is 0 Å². The number of hydrogen-bond donors (Lipinski definition) is 1. The van der Waals surface area contributed by atoms with E-state index in [1.807, 2.05) is 0 Å². The first kappa shape index (κ1) is 23.9. The van der Waals surface area contributed by atoms with Crippen LogP contribution in [0.3, 0.4) is 0 Å². The van der Waals surface area contributed by atoms with Gasteiger partial charge in [-0.1, -0.05) is 31.0 Å². The molecule has 1 aliphatic carbocycles. The second-order valence-corrected chi connectivity index (χ2v) is 12.8. The van der Waals surface area contributed by atoms with Crippen molar-refractivity contribution >= 4 is 21.4 Å². The fourth-order valence-electron chi connectivity index (χ4n) is 3.23. The van der Waals surface area contributed by atoms with Gasteiger partial charge in [0.05, 0.1) is 11.8 Å². The van der Waals surface area contributed by atoms with Gasteiger partial charge < -0.3 is 4.55 Å². The van der Waals surface area contributed by atoms with E-state index >= 15 is 0 Å². The fraction of sp³-hybridized carbons (Fsp3) is 0.650. The van der Waals surface area contributed by atoms with Crippen LogP contribution in [0.1, 0.15) is 59.4 Å². The third-order valence-electron chi connectivity index (χ3n) is 4.98. The Hall–Kier alpha value is -1.34. The van der Waals surface area contributed by atoms with Gasteiger partial charge in [-0.05, 0) is 53.0 Å². The van der Waals surface area contributed by atoms with E-state index in [0.29, 0.717) is 12.3 Å². The standard InChI is InChI=1S/C20H30FN3O3S2/c1-15(12-16-10-11-16)24(14-22)29(26,27)13-20(5,23-28(25)19(2,3)4)17-8-6-7-9-18(17)21/h6-9,15-16,23H,10-13H2,1-5H3/t15-,20+,28?/m1/s1. The molecule has 0 spiro atoms. The van der Waals surface area contributed by atoms with Crippen LogP contribution in [-0.2, 0) is 26.9 Å². The van der Waals surface area contributed by atoms with Crippen LogP contribution in [0, 0.1) is 23.2 Å². The van der Waals surface area contributed by atoms with Gasteiger partial charge >= 0.3 is 0 Å². The minimum atomic E-state index is -4.09. The summed E-state index contributed by atoms with van der Waals surface area (Å²) in [5.74, 6) is -0.746. The number of halogens is 1. The first-order valence-corrected chi connectivity index (χ1v) is 12.4. The molecule has 29 heavy (non-hydrogen) atoms. The Labute approximate surface area is 176 Å². The predicted molar refractivity (Wildman–Crippen MR) is 113 cm³/mol. The summed E-state index contributed by atoms with van der Waals surface area (Å²) in [6, 6.07) is 5.34. The molecule has 3 atom stereocenters. The molecule has 1 N–H and O–H groups in total. The topological polar surface area (TPSA) is 96.3 Å². The van der Waals surface area contributed by atoms with Crippen LogP contribution in [0.25, 0.3) is 0 Å². The van der Waals surface area contributed by atoms with Gasteiger partial charge in [0, 0.05) is 16.9 Å². The molecule has 0 saturated heterocycles. The van der Waals surface area contributed by atoms with Gasteiger partial charge in [-0.2, -0.15) is 5.26 Å². The molecule has 0 amide bonds. The first-order chi connectivity index (χ1) is 13.3. The molecule has 2 rings (SSSR count). The second-order valence-electron chi connectivity index (χ2n) is 8.98. The molecule has 1 aromatic carbocycles. The summed E-state index contributed by atoms with van der Waals surface area (Å²) >= 11 is -1.66. The van der Waals surface area contributed by atoms with E-state index in [2.05, 4.69) is 4.72 Å². The van der Waals surface area contributed by atoms with E-state index in [-0.39, 0.29) is 5.56 Å². The molecule has 1 unspecified atom stereocenters. The van der Waals surface area contributed by atoms with Gasteiger partial charge in [0.15, 0.2) is 6.19 Å². The van der Waals surface area contributed by atoms with E-state index in [4.69, 9.17) is 0 Å². The van der Waals surface area contributed by atoms with Crippen LogP contribution in [0.4, 0.5) is 4.39 Å². The summed E-state index contributed by atoms with van der Waals surface area (Å²) in [5, 5.41) is 9.54. The van der Waals surface area contributed by atoms with Crippen molar-refractivity contribution in [1.82, 2.24) is 9.03 Å². The van der Waals surface area contributed by atoms with Crippen molar-refractivity contribution in [2.24, 2.45) is 5.92 Å². The lowest BCUT2D eigenvalue weighted by Gasteiger charge is -2.36. The highest BCUT2D eigenvalue weighted by Gasteiger charge is 2.44. The van der Waals surface area contributed by atoms with Crippen LogP contribution < -0.4 is 4.72 Å².